The zero-order valence-corrected chi connectivity index (χ0v) is 16.6. The van der Waals surface area contributed by atoms with Crippen molar-refractivity contribution in [3.63, 3.8) is 0 Å². The maximum Gasteiger partial charge on any atom is 0.317 e. The third-order valence-corrected chi connectivity index (χ3v) is 4.70. The first-order chi connectivity index (χ1) is 12.8. The summed E-state index contributed by atoms with van der Waals surface area (Å²) < 4.78 is 0. The number of aromatic amines is 1. The van der Waals surface area contributed by atoms with E-state index >= 15 is 0 Å². The summed E-state index contributed by atoms with van der Waals surface area (Å²) >= 11 is 0. The van der Waals surface area contributed by atoms with Crippen LogP contribution in [0.25, 0.3) is 10.9 Å². The average Bonchev–Trinajstić information content (AvgIpc) is 3.09. The Bertz CT molecular complexity index is 955. The molecule has 0 unspecified atom stereocenters. The molecule has 0 fully saturated rings. The minimum atomic E-state index is -0.123. The van der Waals surface area contributed by atoms with Crippen molar-refractivity contribution in [1.29, 1.82) is 0 Å². The molecule has 0 aliphatic rings. The van der Waals surface area contributed by atoms with Crippen molar-refractivity contribution < 1.29 is 4.79 Å². The van der Waals surface area contributed by atoms with Crippen LogP contribution in [0.5, 0.6) is 0 Å². The molecule has 2 aromatic heterocycles. The van der Waals surface area contributed by atoms with Crippen LogP contribution in [0.2, 0.25) is 0 Å². The molecule has 2 heterocycles. The zero-order chi connectivity index (χ0) is 19.6. The second-order valence-corrected chi connectivity index (χ2v) is 7.97. The van der Waals surface area contributed by atoms with E-state index in [4.69, 9.17) is 0 Å². The van der Waals surface area contributed by atoms with Crippen LogP contribution >= 0.6 is 0 Å². The van der Waals surface area contributed by atoms with Crippen molar-refractivity contribution >= 4 is 16.9 Å². The van der Waals surface area contributed by atoms with Gasteiger partial charge < -0.3 is 10.2 Å². The Labute approximate surface area is 160 Å². The number of H-pyrrole nitrogens is 1. The minimum absolute atomic E-state index is 0.0183. The first-order valence-corrected chi connectivity index (χ1v) is 9.12. The molecule has 2 amide bonds. The van der Waals surface area contributed by atoms with Crippen LogP contribution in [-0.4, -0.2) is 33.2 Å². The number of fused-ring (bicyclic) bond motifs is 1. The summed E-state index contributed by atoms with van der Waals surface area (Å²) in [6, 6.07) is 9.90. The smallest absolute Gasteiger partial charge is 0.317 e. The van der Waals surface area contributed by atoms with E-state index in [0.717, 1.165) is 33.4 Å². The lowest BCUT2D eigenvalue weighted by Gasteiger charge is -2.18. The van der Waals surface area contributed by atoms with Gasteiger partial charge >= 0.3 is 6.03 Å². The van der Waals surface area contributed by atoms with E-state index in [-0.39, 0.29) is 11.4 Å². The number of hydrogen-bond donors (Lipinski definition) is 2. The molecule has 0 aliphatic heterocycles. The van der Waals surface area contributed by atoms with Gasteiger partial charge in [-0.15, -0.1) is 0 Å². The third kappa shape index (κ3) is 4.27. The number of benzene rings is 1. The molecule has 6 heteroatoms. The number of carbonyl (C=O) groups excluding carboxylic acids is 1. The molecule has 2 N–H and O–H groups in total. The Kier molecular flexibility index (Phi) is 5.17. The minimum Gasteiger partial charge on any atom is -0.334 e. The van der Waals surface area contributed by atoms with Gasteiger partial charge in [-0.2, -0.15) is 5.10 Å². The van der Waals surface area contributed by atoms with Crippen molar-refractivity contribution in [2.45, 2.75) is 46.2 Å². The molecule has 3 rings (SSSR count). The Morgan fingerprint density at radius 2 is 2.04 bits per heavy atom. The fourth-order valence-corrected chi connectivity index (χ4v) is 3.01. The quantitative estimate of drug-likeness (QED) is 0.736. The molecule has 0 bridgehead atoms. The van der Waals surface area contributed by atoms with Gasteiger partial charge in [-0.05, 0) is 36.2 Å². The second-order valence-electron chi connectivity index (χ2n) is 7.97. The Balaban J connectivity index is 1.66. The fourth-order valence-electron chi connectivity index (χ4n) is 3.01. The van der Waals surface area contributed by atoms with Crippen molar-refractivity contribution in [2.24, 2.45) is 0 Å². The molecule has 1 aromatic carbocycles. The summed E-state index contributed by atoms with van der Waals surface area (Å²) in [7, 11) is 1.78. The van der Waals surface area contributed by atoms with E-state index < -0.39 is 0 Å². The van der Waals surface area contributed by atoms with Gasteiger partial charge in [-0.25, -0.2) is 4.79 Å². The number of carbonyl (C=O) groups is 1. The van der Waals surface area contributed by atoms with Gasteiger partial charge in [0.2, 0.25) is 0 Å². The molecule has 3 aromatic rings. The Hall–Kier alpha value is -2.89. The van der Waals surface area contributed by atoms with Crippen LogP contribution < -0.4 is 5.32 Å². The molecule has 0 radical (unpaired) electrons. The van der Waals surface area contributed by atoms with E-state index in [1.54, 1.807) is 18.1 Å². The molecule has 0 spiro atoms. The standard InChI is InChI=1S/C21H27N5O/c1-14-8-9-18-16(7-6-10-22-18)17(14)12-23-20(27)26(5)13-15-11-19(25-24-15)21(2,3)4/h6-11H,12-13H2,1-5H3,(H,23,27)(H,24,25). The number of hydrogen-bond acceptors (Lipinski definition) is 3. The molecule has 6 nitrogen and oxygen atoms in total. The summed E-state index contributed by atoms with van der Waals surface area (Å²) in [5.41, 5.74) is 5.07. The number of urea groups is 1. The largest absolute Gasteiger partial charge is 0.334 e. The van der Waals surface area contributed by atoms with Gasteiger partial charge in [0, 0.05) is 30.6 Å². The van der Waals surface area contributed by atoms with Gasteiger partial charge in [0.05, 0.1) is 23.4 Å². The zero-order valence-electron chi connectivity index (χ0n) is 16.6. The number of aryl methyl sites for hydroxylation is 1. The number of pyridine rings is 1. The molecule has 0 saturated carbocycles. The van der Waals surface area contributed by atoms with Crippen LogP contribution in [0.4, 0.5) is 4.79 Å². The number of rotatable bonds is 4. The maximum atomic E-state index is 12.5. The normalized spacial score (nSPS) is 11.6. The van der Waals surface area contributed by atoms with Crippen molar-refractivity contribution in [2.75, 3.05) is 7.05 Å². The second kappa shape index (κ2) is 7.39. The summed E-state index contributed by atoms with van der Waals surface area (Å²) in [5.74, 6) is 0. The van der Waals surface area contributed by atoms with Gasteiger partial charge in [-0.3, -0.25) is 10.1 Å². The van der Waals surface area contributed by atoms with E-state index in [1.165, 1.54) is 0 Å². The summed E-state index contributed by atoms with van der Waals surface area (Å²) in [6.07, 6.45) is 1.78. The molecule has 142 valence electrons. The molecule has 0 atom stereocenters. The van der Waals surface area contributed by atoms with Crippen LogP contribution in [0.15, 0.2) is 36.5 Å². The van der Waals surface area contributed by atoms with Gasteiger partial charge in [0.25, 0.3) is 0 Å². The molecular formula is C21H27N5O. The van der Waals surface area contributed by atoms with E-state index in [9.17, 15) is 4.79 Å². The first-order valence-electron chi connectivity index (χ1n) is 9.12. The van der Waals surface area contributed by atoms with Crippen LogP contribution in [0, 0.1) is 6.92 Å². The number of nitrogens with zero attached hydrogens (tertiary/aromatic N) is 3. The van der Waals surface area contributed by atoms with E-state index in [2.05, 4.69) is 48.2 Å². The van der Waals surface area contributed by atoms with Gasteiger partial charge in [0.15, 0.2) is 0 Å². The SMILES string of the molecule is Cc1ccc2ncccc2c1CNC(=O)N(C)Cc1cc(C(C)(C)C)n[nH]1. The average molecular weight is 365 g/mol. The first kappa shape index (κ1) is 18.9. The Morgan fingerprint density at radius 1 is 1.26 bits per heavy atom. The van der Waals surface area contributed by atoms with Crippen molar-refractivity contribution in [3.8, 4) is 0 Å². The van der Waals surface area contributed by atoms with Crippen LogP contribution in [0.3, 0.4) is 0 Å². The summed E-state index contributed by atoms with van der Waals surface area (Å²) in [4.78, 5) is 18.6. The topological polar surface area (TPSA) is 73.9 Å². The van der Waals surface area contributed by atoms with Gasteiger partial charge in [-0.1, -0.05) is 32.9 Å². The van der Waals surface area contributed by atoms with Crippen molar-refractivity contribution in [1.82, 2.24) is 25.4 Å². The summed E-state index contributed by atoms with van der Waals surface area (Å²) in [5, 5.41) is 11.5. The highest BCUT2D eigenvalue weighted by molar-refractivity contribution is 5.84. The van der Waals surface area contributed by atoms with Gasteiger partial charge in [0.1, 0.15) is 0 Å². The van der Waals surface area contributed by atoms with E-state index in [0.29, 0.717) is 13.1 Å². The van der Waals surface area contributed by atoms with Crippen molar-refractivity contribution in [3.05, 3.63) is 59.0 Å². The fraction of sp³-hybridized carbons (Fsp3) is 0.381. The molecule has 0 saturated heterocycles. The highest BCUT2D eigenvalue weighted by Gasteiger charge is 2.18. The predicted molar refractivity (Wildman–Crippen MR) is 107 cm³/mol. The number of aromatic nitrogens is 3. The molecule has 27 heavy (non-hydrogen) atoms. The van der Waals surface area contributed by atoms with E-state index in [1.807, 2.05) is 30.3 Å². The molecule has 0 aliphatic carbocycles. The lowest BCUT2D eigenvalue weighted by Crippen LogP contribution is -2.36. The summed E-state index contributed by atoms with van der Waals surface area (Å²) in [6.45, 7) is 9.34. The highest BCUT2D eigenvalue weighted by atomic mass is 16.2. The third-order valence-electron chi connectivity index (χ3n) is 4.70. The molecular weight excluding hydrogens is 338 g/mol. The van der Waals surface area contributed by atoms with Crippen LogP contribution in [0.1, 0.15) is 43.3 Å². The number of nitrogens with one attached hydrogen (secondary N) is 2. The maximum absolute atomic E-state index is 12.5. The monoisotopic (exact) mass is 365 g/mol. The predicted octanol–water partition coefficient (Wildman–Crippen LogP) is 3.91. The lowest BCUT2D eigenvalue weighted by molar-refractivity contribution is 0.206. The lowest BCUT2D eigenvalue weighted by atomic mass is 9.92. The van der Waals surface area contributed by atoms with Crippen LogP contribution in [-0.2, 0) is 18.5 Å². The highest BCUT2D eigenvalue weighted by Crippen LogP contribution is 2.21. The number of amides is 2. The Morgan fingerprint density at radius 3 is 2.74 bits per heavy atom.